The van der Waals surface area contributed by atoms with Crippen LogP contribution >= 0.6 is 31.9 Å². The SMILES string of the molecule is CC(C)NC1=NC(c2ncc(Br)cc2Br)C(=O)N1. The molecule has 2 heterocycles. The summed E-state index contributed by atoms with van der Waals surface area (Å²) >= 11 is 6.72. The van der Waals surface area contributed by atoms with Gasteiger partial charge in [0.1, 0.15) is 0 Å². The summed E-state index contributed by atoms with van der Waals surface area (Å²) in [6.07, 6.45) is 1.65. The van der Waals surface area contributed by atoms with Crippen molar-refractivity contribution in [2.75, 3.05) is 0 Å². The molecule has 1 aliphatic heterocycles. The summed E-state index contributed by atoms with van der Waals surface area (Å²) < 4.78 is 1.60. The standard InChI is InChI=1S/C11H12Br2N4O/c1-5(2)15-11-16-9(10(18)17-11)8-7(13)3-6(12)4-14-8/h3-5,9H,1-2H3,(H2,15,16,17,18). The van der Waals surface area contributed by atoms with Gasteiger partial charge in [0, 0.05) is 21.2 Å². The van der Waals surface area contributed by atoms with Gasteiger partial charge >= 0.3 is 0 Å². The van der Waals surface area contributed by atoms with E-state index < -0.39 is 6.04 Å². The molecule has 0 saturated carbocycles. The molecular weight excluding hydrogens is 364 g/mol. The van der Waals surface area contributed by atoms with Crippen molar-refractivity contribution in [3.8, 4) is 0 Å². The van der Waals surface area contributed by atoms with E-state index in [1.807, 2.05) is 19.9 Å². The van der Waals surface area contributed by atoms with Crippen molar-refractivity contribution >= 4 is 43.7 Å². The highest BCUT2D eigenvalue weighted by Gasteiger charge is 2.30. The Morgan fingerprint density at radius 3 is 2.78 bits per heavy atom. The molecule has 0 fully saturated rings. The summed E-state index contributed by atoms with van der Waals surface area (Å²) in [5, 5.41) is 5.77. The van der Waals surface area contributed by atoms with E-state index in [9.17, 15) is 4.79 Å². The van der Waals surface area contributed by atoms with Crippen LogP contribution in [0.25, 0.3) is 0 Å². The minimum atomic E-state index is -0.603. The molecule has 5 nitrogen and oxygen atoms in total. The van der Waals surface area contributed by atoms with E-state index in [1.165, 1.54) is 0 Å². The van der Waals surface area contributed by atoms with Crippen LogP contribution in [0.15, 0.2) is 26.2 Å². The fraction of sp³-hybridized carbons (Fsp3) is 0.364. The van der Waals surface area contributed by atoms with Crippen LogP contribution in [0.2, 0.25) is 0 Å². The topological polar surface area (TPSA) is 66.4 Å². The van der Waals surface area contributed by atoms with Crippen LogP contribution < -0.4 is 10.6 Å². The number of carbonyl (C=O) groups is 1. The van der Waals surface area contributed by atoms with Crippen molar-refractivity contribution in [3.05, 3.63) is 26.9 Å². The Morgan fingerprint density at radius 2 is 2.17 bits per heavy atom. The first-order valence-corrected chi connectivity index (χ1v) is 7.02. The van der Waals surface area contributed by atoms with Gasteiger partial charge in [0.05, 0.1) is 5.69 Å². The van der Waals surface area contributed by atoms with Crippen LogP contribution in [-0.2, 0) is 4.79 Å². The highest BCUT2D eigenvalue weighted by atomic mass is 79.9. The lowest BCUT2D eigenvalue weighted by Crippen LogP contribution is -2.40. The molecule has 7 heteroatoms. The zero-order valence-corrected chi connectivity index (χ0v) is 13.0. The van der Waals surface area contributed by atoms with Gasteiger partial charge in [-0.2, -0.15) is 0 Å². The molecule has 1 aromatic rings. The number of rotatable bonds is 2. The molecule has 0 radical (unpaired) electrons. The van der Waals surface area contributed by atoms with Crippen LogP contribution in [0.1, 0.15) is 25.6 Å². The molecule has 0 bridgehead atoms. The van der Waals surface area contributed by atoms with E-state index in [4.69, 9.17) is 0 Å². The number of hydrogen-bond acceptors (Lipinski definition) is 4. The third-order valence-electron chi connectivity index (χ3n) is 2.27. The molecule has 0 aromatic carbocycles. The van der Waals surface area contributed by atoms with Crippen molar-refractivity contribution in [1.29, 1.82) is 0 Å². The molecule has 1 amide bonds. The van der Waals surface area contributed by atoms with E-state index in [1.54, 1.807) is 6.20 Å². The highest BCUT2D eigenvalue weighted by molar-refractivity contribution is 9.11. The monoisotopic (exact) mass is 374 g/mol. The average Bonchev–Trinajstić information content (AvgIpc) is 2.58. The fourth-order valence-corrected chi connectivity index (χ4v) is 2.77. The molecule has 0 saturated heterocycles. The first-order chi connectivity index (χ1) is 8.47. The first kappa shape index (κ1) is 13.5. The van der Waals surface area contributed by atoms with Crippen molar-refractivity contribution in [3.63, 3.8) is 0 Å². The molecule has 18 heavy (non-hydrogen) atoms. The average molecular weight is 376 g/mol. The highest BCUT2D eigenvalue weighted by Crippen LogP contribution is 2.28. The quantitative estimate of drug-likeness (QED) is 0.832. The number of carbonyl (C=O) groups excluding carboxylic acids is 1. The molecule has 0 aliphatic carbocycles. The third kappa shape index (κ3) is 2.89. The molecule has 2 rings (SSSR count). The summed E-state index contributed by atoms with van der Waals surface area (Å²) in [4.78, 5) is 20.4. The Bertz CT molecular complexity index is 516. The number of nitrogens with one attached hydrogen (secondary N) is 2. The minimum absolute atomic E-state index is 0.173. The molecule has 96 valence electrons. The number of nitrogens with zero attached hydrogens (tertiary/aromatic N) is 2. The lowest BCUT2D eigenvalue weighted by Gasteiger charge is -2.07. The minimum Gasteiger partial charge on any atom is -0.354 e. The van der Waals surface area contributed by atoms with E-state index in [-0.39, 0.29) is 11.9 Å². The molecule has 2 N–H and O–H groups in total. The molecule has 1 aromatic heterocycles. The third-order valence-corrected chi connectivity index (χ3v) is 3.34. The second kappa shape index (κ2) is 5.36. The maximum Gasteiger partial charge on any atom is 0.257 e. The maximum atomic E-state index is 11.9. The van der Waals surface area contributed by atoms with Gasteiger partial charge in [0.15, 0.2) is 12.0 Å². The number of aromatic nitrogens is 1. The van der Waals surface area contributed by atoms with Gasteiger partial charge in [0.25, 0.3) is 5.91 Å². The van der Waals surface area contributed by atoms with E-state index in [0.717, 1.165) is 8.95 Å². The number of pyridine rings is 1. The van der Waals surface area contributed by atoms with Crippen LogP contribution in [0.5, 0.6) is 0 Å². The number of amides is 1. The Balaban J connectivity index is 2.27. The molecule has 1 aliphatic rings. The summed E-state index contributed by atoms with van der Waals surface area (Å²) in [5.74, 6) is 0.324. The Kier molecular flexibility index (Phi) is 4.01. The summed E-state index contributed by atoms with van der Waals surface area (Å²) in [7, 11) is 0. The molecule has 1 atom stereocenters. The molecular formula is C11H12Br2N4O. The summed E-state index contributed by atoms with van der Waals surface area (Å²) in [5.41, 5.74) is 0.608. The normalized spacial score (nSPS) is 18.8. The van der Waals surface area contributed by atoms with Crippen LogP contribution in [0.3, 0.4) is 0 Å². The van der Waals surface area contributed by atoms with Crippen LogP contribution in [-0.4, -0.2) is 22.9 Å². The largest absolute Gasteiger partial charge is 0.354 e. The van der Waals surface area contributed by atoms with Gasteiger partial charge in [-0.15, -0.1) is 0 Å². The summed E-state index contributed by atoms with van der Waals surface area (Å²) in [6.45, 7) is 3.96. The number of aliphatic imine (C=N–C) groups is 1. The maximum absolute atomic E-state index is 11.9. The van der Waals surface area contributed by atoms with Crippen molar-refractivity contribution < 1.29 is 4.79 Å². The van der Waals surface area contributed by atoms with E-state index in [2.05, 4.69) is 52.5 Å². The van der Waals surface area contributed by atoms with Gasteiger partial charge < -0.3 is 5.32 Å². The van der Waals surface area contributed by atoms with Gasteiger partial charge in [-0.3, -0.25) is 15.1 Å². The van der Waals surface area contributed by atoms with E-state index in [0.29, 0.717) is 11.7 Å². The smallest absolute Gasteiger partial charge is 0.257 e. The molecule has 0 spiro atoms. The van der Waals surface area contributed by atoms with Gasteiger partial charge in [0.2, 0.25) is 0 Å². The Hall–Kier alpha value is -0.950. The van der Waals surface area contributed by atoms with Crippen LogP contribution in [0, 0.1) is 0 Å². The second-order valence-electron chi connectivity index (χ2n) is 4.19. The predicted octanol–water partition coefficient (Wildman–Crippen LogP) is 2.13. The van der Waals surface area contributed by atoms with Crippen molar-refractivity contribution in [2.24, 2.45) is 4.99 Å². The Labute approximate surface area is 122 Å². The zero-order valence-electron chi connectivity index (χ0n) is 9.87. The number of hydrogen-bond donors (Lipinski definition) is 2. The first-order valence-electron chi connectivity index (χ1n) is 5.43. The van der Waals surface area contributed by atoms with E-state index >= 15 is 0 Å². The van der Waals surface area contributed by atoms with Gasteiger partial charge in [-0.25, -0.2) is 4.99 Å². The second-order valence-corrected chi connectivity index (χ2v) is 5.96. The number of halogens is 2. The summed E-state index contributed by atoms with van der Waals surface area (Å²) in [6, 6.07) is 1.46. The fourth-order valence-electron chi connectivity index (χ4n) is 1.56. The lowest BCUT2D eigenvalue weighted by molar-refractivity contribution is -0.120. The predicted molar refractivity (Wildman–Crippen MR) is 76.2 cm³/mol. The zero-order chi connectivity index (χ0) is 13.3. The van der Waals surface area contributed by atoms with Crippen LogP contribution in [0.4, 0.5) is 0 Å². The Morgan fingerprint density at radius 1 is 1.44 bits per heavy atom. The van der Waals surface area contributed by atoms with Crippen molar-refractivity contribution in [2.45, 2.75) is 25.9 Å². The number of guanidine groups is 1. The molecule has 1 unspecified atom stereocenters. The van der Waals surface area contributed by atoms with Gasteiger partial charge in [-0.1, -0.05) is 0 Å². The van der Waals surface area contributed by atoms with Gasteiger partial charge in [-0.05, 0) is 51.8 Å². The van der Waals surface area contributed by atoms with Crippen molar-refractivity contribution in [1.82, 2.24) is 15.6 Å². The lowest BCUT2D eigenvalue weighted by atomic mass is 10.2.